The van der Waals surface area contributed by atoms with Gasteiger partial charge < -0.3 is 260 Å². The second-order valence-corrected chi connectivity index (χ2v) is 33.1. The summed E-state index contributed by atoms with van der Waals surface area (Å²) >= 11 is 0. The van der Waals surface area contributed by atoms with Crippen molar-refractivity contribution in [2.24, 2.45) is 0 Å². The molecule has 10 aliphatic heterocycles. The summed E-state index contributed by atoms with van der Waals surface area (Å²) in [5, 5.41) is 325. The Morgan fingerprint density at radius 1 is 0.328 bits per heavy atom. The third-order valence-corrected chi connectivity index (χ3v) is 23.8. The smallest absolute Gasteiger partial charge is 0.364 e. The molecule has 10 saturated heterocycles. The number of ether oxygens (including phenoxy) is 19. The molecule has 0 spiro atoms. The largest absolute Gasteiger partial charge is 0.477 e. The first-order valence-corrected chi connectivity index (χ1v) is 41.6. The fourth-order valence-electron chi connectivity index (χ4n) is 17.0. The summed E-state index contributed by atoms with van der Waals surface area (Å²) in [6.07, 6.45) is -98.3. The predicted octanol–water partition coefficient (Wildman–Crippen LogP) is -21.9. The molecular formula is C73H121N5O53. The molecule has 10 heterocycles. The van der Waals surface area contributed by atoms with E-state index in [-0.39, 0.29) is 0 Å². The maximum absolute atomic E-state index is 13.8. The fourth-order valence-corrected chi connectivity index (χ4v) is 17.0. The van der Waals surface area contributed by atoms with Crippen molar-refractivity contribution in [2.75, 3.05) is 59.5 Å². The van der Waals surface area contributed by atoms with E-state index in [9.17, 15) is 172 Å². The minimum Gasteiger partial charge on any atom is -0.477 e. The minimum atomic E-state index is -3.56. The van der Waals surface area contributed by atoms with E-state index < -0.39 is 414 Å². The molecule has 0 aliphatic carbocycles. The van der Waals surface area contributed by atoms with Gasteiger partial charge in [-0.2, -0.15) is 0 Å². The topological polar surface area (TPSA) is 904 Å². The van der Waals surface area contributed by atoms with Crippen molar-refractivity contribution in [1.82, 2.24) is 26.6 Å². The molecule has 58 heteroatoms. The number of aliphatic hydroxyl groups is 27. The van der Waals surface area contributed by atoms with Crippen molar-refractivity contribution >= 4 is 35.5 Å². The third kappa shape index (κ3) is 23.9. The lowest BCUT2D eigenvalue weighted by Gasteiger charge is -2.52. The molecule has 0 bridgehead atoms. The zero-order valence-corrected chi connectivity index (χ0v) is 70.7. The first-order valence-electron chi connectivity index (χ1n) is 41.6. The standard InChI is InChI=1S/C73H121N5O53/c1-17-38(94)47(103)50(106)68(114-17)126-57-30(14-85)118-64(37(78-22(6)91)60(57)129-67-35(76-20(4)89)46(102)54(27(11-82)119-67)125-69-51(107)48(104)55(28(12-83)120-69)123-65-33(74-18(2)87)44(100)41(97)25(9-80)116-65)113-16-32-43(99)59(36(63(110)115-32)77-21(5)90)128-71-53(109)62(131-73(72(111)112)7-23(92)39(95)61(130-73)40(96)24(93)8-79)58(31(15-86)122-71)127-70-52(108)49(105)56(29(13-84)121-70)124-66-34(75-19(3)88)45(101)42(98)26(10-81)117-66/h17,23-71,79-86,92-110H,7-16H2,1-6H3,(H,74,87)(H,75,88)(H,76,89)(H,77,90)(H,78,91)(H,111,112)/t17-,23-,24+,25+,26+,27+,28+,29+,30+,31+,32+,33+,34+,35+,36+,37+,38+,39+,40+,41+,42+,43-,44+,45+,46+,47+,48+,49+,50-,51+,52+,53+,54+,55-,56-,57+,58-,59+,60+,61+,62+,63+,64+,65+,66+,67-,68-,69-,70-,71-,73-/m0/s1. The Bertz CT molecular complexity index is 3660. The van der Waals surface area contributed by atoms with Crippen LogP contribution in [0, 0.1) is 0 Å². The predicted molar refractivity (Wildman–Crippen MR) is 403 cm³/mol. The highest BCUT2D eigenvalue weighted by Gasteiger charge is 2.65. The van der Waals surface area contributed by atoms with Crippen LogP contribution in [0.2, 0.25) is 0 Å². The highest BCUT2D eigenvalue weighted by Crippen LogP contribution is 2.44. The van der Waals surface area contributed by atoms with E-state index in [0.717, 1.165) is 34.6 Å². The number of aliphatic hydroxyl groups excluding tert-OH is 27. The second kappa shape index (κ2) is 46.6. The van der Waals surface area contributed by atoms with Gasteiger partial charge in [0.15, 0.2) is 56.6 Å². The van der Waals surface area contributed by atoms with Gasteiger partial charge in [-0.25, -0.2) is 4.79 Å². The summed E-state index contributed by atoms with van der Waals surface area (Å²) < 4.78 is 114. The summed E-state index contributed by atoms with van der Waals surface area (Å²) in [4.78, 5) is 78.5. The van der Waals surface area contributed by atoms with Crippen molar-refractivity contribution in [3.63, 3.8) is 0 Å². The molecule has 0 aromatic carbocycles. The van der Waals surface area contributed by atoms with Crippen LogP contribution in [0.4, 0.5) is 0 Å². The van der Waals surface area contributed by atoms with Crippen molar-refractivity contribution in [2.45, 2.75) is 360 Å². The second-order valence-electron chi connectivity index (χ2n) is 33.1. The maximum Gasteiger partial charge on any atom is 0.364 e. The number of carbonyl (C=O) groups is 6. The number of amides is 5. The molecule has 10 fully saturated rings. The first-order chi connectivity index (χ1) is 61.8. The Labute approximate surface area is 741 Å². The number of hydrogen-bond donors (Lipinski definition) is 33. The molecule has 0 unspecified atom stereocenters. The van der Waals surface area contributed by atoms with Crippen molar-refractivity contribution in [3.05, 3.63) is 0 Å². The van der Waals surface area contributed by atoms with Gasteiger partial charge in [-0.15, -0.1) is 0 Å². The van der Waals surface area contributed by atoms with E-state index in [0.29, 0.717) is 0 Å². The quantitative estimate of drug-likeness (QED) is 0.0280. The van der Waals surface area contributed by atoms with Gasteiger partial charge in [-0.1, -0.05) is 0 Å². The number of rotatable bonds is 35. The monoisotopic (exact) mass is 1920 g/mol. The molecule has 0 aromatic heterocycles. The number of carboxylic acid groups (broad SMARTS) is 1. The van der Waals surface area contributed by atoms with E-state index in [1.807, 2.05) is 0 Å². The molecule has 33 N–H and O–H groups in total. The minimum absolute atomic E-state index is 0.795. The molecule has 10 aliphatic rings. The Kier molecular flexibility index (Phi) is 38.4. The first kappa shape index (κ1) is 108. The van der Waals surface area contributed by atoms with Crippen LogP contribution in [-0.4, -0.2) is 550 Å². The number of nitrogens with one attached hydrogen (secondary N) is 5. The summed E-state index contributed by atoms with van der Waals surface area (Å²) in [5.74, 6) is -10.6. The zero-order chi connectivity index (χ0) is 96.9. The molecule has 0 saturated carbocycles. The van der Waals surface area contributed by atoms with E-state index >= 15 is 0 Å². The number of carbonyl (C=O) groups excluding carboxylic acids is 5. The van der Waals surface area contributed by atoms with Gasteiger partial charge >= 0.3 is 5.97 Å². The molecule has 10 rings (SSSR count). The SMILES string of the molecule is CC(=O)N[C@@H]1[C@@H](O[C@@H]2O[C@H](CO)[C@H](O[C@@H]3O[C@H](CO)[C@H](O[C@H]4O[C@H](CO)[C@@H](O)[C@H](O)[C@H]4NC(C)=O)[C@H](O)[C@H]3O)[C@H](O[C@]3(C(=O)O)C[C@H](O)[C@@H](O)[C@H]([C@H](O)[C@H](O)CO)O3)[C@H]2O)[C@@H](O)[C@@H](CO[C@@H]2O[C@H](CO)[C@@H](O[C@@H]3O[C@@H](C)[C@@H](O)[C@@H](O)[C@@H]3O)[C@H](O[C@@H]3O[C@H](CO)[C@@H](O[C@@H]4O[C@H](CO)[C@H](O[C@H]5O[C@H](CO)[C@@H](O)[C@H](O)[C@H]5NC(C)=O)[C@H](O)[C@H]4O)[C@H](O)[C@H]3NC(C)=O)[C@H]2NC(C)=O)O[C@H]1O. The fraction of sp³-hybridized carbons (Fsp3) is 0.918. The van der Waals surface area contributed by atoms with Crippen LogP contribution in [-0.2, 0) is 119 Å². The number of carboxylic acids is 1. The van der Waals surface area contributed by atoms with Crippen LogP contribution < -0.4 is 26.6 Å². The third-order valence-electron chi connectivity index (χ3n) is 23.8. The lowest BCUT2D eigenvalue weighted by Crippen LogP contribution is -2.72. The highest BCUT2D eigenvalue weighted by atomic mass is 16.8. The van der Waals surface area contributed by atoms with Crippen LogP contribution in [0.25, 0.3) is 0 Å². The zero-order valence-electron chi connectivity index (χ0n) is 70.7. The Balaban J connectivity index is 0.954. The van der Waals surface area contributed by atoms with Gasteiger partial charge in [0.05, 0.1) is 71.7 Å². The molecule has 0 radical (unpaired) electrons. The molecule has 0 aromatic rings. The van der Waals surface area contributed by atoms with E-state index in [4.69, 9.17) is 90.0 Å². The molecular weight excluding hydrogens is 1790 g/mol. The number of aliphatic carboxylic acids is 1. The van der Waals surface area contributed by atoms with Crippen LogP contribution >= 0.6 is 0 Å². The van der Waals surface area contributed by atoms with Gasteiger partial charge in [-0.05, 0) is 6.92 Å². The highest BCUT2D eigenvalue weighted by molar-refractivity contribution is 5.76. The van der Waals surface area contributed by atoms with E-state index in [2.05, 4.69) is 26.6 Å². The molecule has 756 valence electrons. The van der Waals surface area contributed by atoms with Crippen LogP contribution in [0.1, 0.15) is 48.0 Å². The average Bonchev–Trinajstić information content (AvgIpc) is 0.751. The van der Waals surface area contributed by atoms with Gasteiger partial charge in [0, 0.05) is 41.0 Å². The maximum atomic E-state index is 13.8. The van der Waals surface area contributed by atoms with Crippen molar-refractivity contribution in [1.29, 1.82) is 0 Å². The summed E-state index contributed by atoms with van der Waals surface area (Å²) in [7, 11) is 0. The Hall–Kier alpha value is -5.02. The van der Waals surface area contributed by atoms with Gasteiger partial charge in [-0.3, -0.25) is 24.0 Å². The van der Waals surface area contributed by atoms with Crippen LogP contribution in [0.15, 0.2) is 0 Å². The lowest BCUT2D eigenvalue weighted by molar-refractivity contribution is -0.407. The Morgan fingerprint density at radius 2 is 0.672 bits per heavy atom. The molecule has 5 amide bonds. The van der Waals surface area contributed by atoms with E-state index in [1.165, 1.54) is 6.92 Å². The van der Waals surface area contributed by atoms with Gasteiger partial charge in [0.2, 0.25) is 29.5 Å². The summed E-state index contributed by atoms with van der Waals surface area (Å²) in [6.45, 7) is -4.72. The normalized spacial score (nSPS) is 47.5. The average molecular weight is 1920 g/mol. The number of hydrogen-bond acceptors (Lipinski definition) is 52. The van der Waals surface area contributed by atoms with Crippen molar-refractivity contribution in [3.8, 4) is 0 Å². The molecule has 58 nitrogen and oxygen atoms in total. The van der Waals surface area contributed by atoms with Gasteiger partial charge in [0.1, 0.15) is 238 Å². The molecule has 51 atom stereocenters. The van der Waals surface area contributed by atoms with Crippen LogP contribution in [0.3, 0.4) is 0 Å². The Morgan fingerprint density at radius 3 is 1.11 bits per heavy atom. The van der Waals surface area contributed by atoms with E-state index in [1.54, 1.807) is 0 Å². The van der Waals surface area contributed by atoms with Crippen LogP contribution in [0.5, 0.6) is 0 Å². The van der Waals surface area contributed by atoms with Gasteiger partial charge in [0.25, 0.3) is 5.79 Å². The lowest BCUT2D eigenvalue weighted by atomic mass is 9.90. The summed E-state index contributed by atoms with van der Waals surface area (Å²) in [6, 6.07) is -9.51. The van der Waals surface area contributed by atoms with Crippen molar-refractivity contribution < 1.29 is 262 Å². The summed E-state index contributed by atoms with van der Waals surface area (Å²) in [5.41, 5.74) is 0. The molecule has 131 heavy (non-hydrogen) atoms.